The van der Waals surface area contributed by atoms with E-state index in [1.54, 1.807) is 0 Å². The predicted molar refractivity (Wildman–Crippen MR) is 99.3 cm³/mol. The van der Waals surface area contributed by atoms with Crippen molar-refractivity contribution in [2.75, 3.05) is 17.7 Å². The number of anilines is 2. The van der Waals surface area contributed by atoms with Gasteiger partial charge in [-0.05, 0) is 5.56 Å². The maximum Gasteiger partial charge on any atom is 0.280 e. The lowest BCUT2D eigenvalue weighted by Crippen LogP contribution is -2.33. The number of rotatable bonds is 5. The summed E-state index contributed by atoms with van der Waals surface area (Å²) in [5, 5.41) is 33.0. The number of nitrogens with zero attached hydrogens (tertiary/aromatic N) is 3. The Balaban J connectivity index is 1.79. The van der Waals surface area contributed by atoms with E-state index in [1.807, 2.05) is 30.3 Å². The largest absolute Gasteiger partial charge is 0.394 e. The smallest absolute Gasteiger partial charge is 0.280 e. The van der Waals surface area contributed by atoms with Crippen molar-refractivity contribution in [2.24, 2.45) is 0 Å². The standard InChI is InChI=1S/C17H20N6O5/c18-16-21-13-10(14(27)22-16)20-17(19-6-8-4-2-1-3-5-8)23(13)15-12(26)11(25)9(7-24)28-15/h1-5,9,11-12,15,24-26H,6-7H2,(H,19,20)(H3,18,21,22,27)/t9-,11+,12+,15-/m1/s1. The molecule has 4 rings (SSSR count). The minimum atomic E-state index is -1.37. The Hall–Kier alpha value is -2.99. The van der Waals surface area contributed by atoms with Crippen LogP contribution < -0.4 is 16.6 Å². The van der Waals surface area contributed by atoms with Crippen molar-refractivity contribution in [1.82, 2.24) is 19.5 Å². The van der Waals surface area contributed by atoms with Gasteiger partial charge in [0.15, 0.2) is 17.4 Å². The number of hydrogen-bond acceptors (Lipinski definition) is 9. The van der Waals surface area contributed by atoms with Gasteiger partial charge in [0.1, 0.15) is 18.3 Å². The molecule has 148 valence electrons. The van der Waals surface area contributed by atoms with Crippen LogP contribution in [-0.4, -0.2) is 59.8 Å². The Morgan fingerprint density at radius 1 is 1.21 bits per heavy atom. The summed E-state index contributed by atoms with van der Waals surface area (Å²) in [6, 6.07) is 9.49. The lowest BCUT2D eigenvalue weighted by molar-refractivity contribution is -0.0501. The number of ether oxygens (including phenoxy) is 1. The summed E-state index contributed by atoms with van der Waals surface area (Å²) in [7, 11) is 0. The molecule has 4 atom stereocenters. The summed E-state index contributed by atoms with van der Waals surface area (Å²) in [6.45, 7) is -0.101. The molecular weight excluding hydrogens is 368 g/mol. The number of H-pyrrole nitrogens is 1. The zero-order chi connectivity index (χ0) is 19.8. The van der Waals surface area contributed by atoms with Gasteiger partial charge in [-0.15, -0.1) is 0 Å². The maximum absolute atomic E-state index is 12.2. The third-order valence-corrected chi connectivity index (χ3v) is 4.63. The molecule has 28 heavy (non-hydrogen) atoms. The molecule has 0 bridgehead atoms. The van der Waals surface area contributed by atoms with Crippen LogP contribution in [-0.2, 0) is 11.3 Å². The second-order valence-electron chi connectivity index (χ2n) is 6.50. The third-order valence-electron chi connectivity index (χ3n) is 4.63. The van der Waals surface area contributed by atoms with Crippen LogP contribution in [0.1, 0.15) is 11.8 Å². The number of imidazole rings is 1. The van der Waals surface area contributed by atoms with Gasteiger partial charge < -0.3 is 31.1 Å². The Morgan fingerprint density at radius 2 is 1.96 bits per heavy atom. The summed E-state index contributed by atoms with van der Waals surface area (Å²) < 4.78 is 6.97. The topological polar surface area (TPSA) is 172 Å². The normalized spacial score (nSPS) is 24.7. The van der Waals surface area contributed by atoms with Gasteiger partial charge >= 0.3 is 0 Å². The molecule has 1 aromatic carbocycles. The van der Waals surface area contributed by atoms with Crippen molar-refractivity contribution in [1.29, 1.82) is 0 Å². The van der Waals surface area contributed by atoms with Crippen molar-refractivity contribution >= 4 is 23.1 Å². The molecule has 1 aliphatic rings. The van der Waals surface area contributed by atoms with E-state index in [2.05, 4.69) is 20.3 Å². The lowest BCUT2D eigenvalue weighted by Gasteiger charge is -2.19. The highest BCUT2D eigenvalue weighted by Gasteiger charge is 2.45. The fraction of sp³-hybridized carbons (Fsp3) is 0.353. The molecule has 0 radical (unpaired) electrons. The predicted octanol–water partition coefficient (Wildman–Crippen LogP) is -1.07. The van der Waals surface area contributed by atoms with Crippen LogP contribution >= 0.6 is 0 Å². The Morgan fingerprint density at radius 3 is 2.64 bits per heavy atom. The van der Waals surface area contributed by atoms with Gasteiger partial charge in [0, 0.05) is 6.54 Å². The van der Waals surface area contributed by atoms with Crippen LogP contribution in [0.5, 0.6) is 0 Å². The molecular formula is C17H20N6O5. The second-order valence-corrected chi connectivity index (χ2v) is 6.50. The summed E-state index contributed by atoms with van der Waals surface area (Å²) in [6.07, 6.45) is -4.79. The van der Waals surface area contributed by atoms with Gasteiger partial charge in [-0.1, -0.05) is 30.3 Å². The van der Waals surface area contributed by atoms with E-state index in [4.69, 9.17) is 10.5 Å². The fourth-order valence-corrected chi connectivity index (χ4v) is 3.24. The summed E-state index contributed by atoms with van der Waals surface area (Å²) in [4.78, 5) is 23.0. The van der Waals surface area contributed by atoms with E-state index in [-0.39, 0.29) is 23.1 Å². The van der Waals surface area contributed by atoms with Crippen LogP contribution in [0.15, 0.2) is 35.1 Å². The molecule has 0 unspecified atom stereocenters. The number of benzene rings is 1. The van der Waals surface area contributed by atoms with Crippen LogP contribution in [0.25, 0.3) is 11.2 Å². The number of aliphatic hydroxyl groups excluding tert-OH is 3. The molecule has 0 amide bonds. The van der Waals surface area contributed by atoms with E-state index in [0.29, 0.717) is 6.54 Å². The Labute approximate surface area is 158 Å². The molecule has 0 aliphatic carbocycles. The molecule has 1 saturated heterocycles. The van der Waals surface area contributed by atoms with Crippen LogP contribution in [0.2, 0.25) is 0 Å². The molecule has 11 heteroatoms. The van der Waals surface area contributed by atoms with Gasteiger partial charge in [0.25, 0.3) is 5.56 Å². The summed E-state index contributed by atoms with van der Waals surface area (Å²) in [5.74, 6) is 0.0808. The van der Waals surface area contributed by atoms with E-state index >= 15 is 0 Å². The first kappa shape index (κ1) is 18.4. The first-order valence-electron chi connectivity index (χ1n) is 8.67. The van der Waals surface area contributed by atoms with Gasteiger partial charge in [-0.2, -0.15) is 4.98 Å². The van der Waals surface area contributed by atoms with Crippen LogP contribution in [0.3, 0.4) is 0 Å². The summed E-state index contributed by atoms with van der Waals surface area (Å²) in [5.41, 5.74) is 6.17. The second kappa shape index (κ2) is 7.20. The SMILES string of the molecule is Nc1nc2c(nc(NCc3ccccc3)n2[C@@H]2O[C@H](CO)[C@H](O)[C@@H]2O)c(=O)[nH]1. The highest BCUT2D eigenvalue weighted by atomic mass is 16.6. The van der Waals surface area contributed by atoms with Gasteiger partial charge in [-0.3, -0.25) is 14.3 Å². The van der Waals surface area contributed by atoms with Gasteiger partial charge in [-0.25, -0.2) is 4.98 Å². The minimum absolute atomic E-state index is 0.00231. The van der Waals surface area contributed by atoms with E-state index in [1.165, 1.54) is 4.57 Å². The van der Waals surface area contributed by atoms with Crippen molar-refractivity contribution in [3.05, 3.63) is 46.2 Å². The van der Waals surface area contributed by atoms with Crippen molar-refractivity contribution in [2.45, 2.75) is 31.1 Å². The number of fused-ring (bicyclic) bond motifs is 1. The number of nitrogens with two attached hydrogens (primary N) is 1. The molecule has 3 heterocycles. The number of aromatic amines is 1. The summed E-state index contributed by atoms with van der Waals surface area (Å²) >= 11 is 0. The average molecular weight is 388 g/mol. The molecule has 0 saturated carbocycles. The zero-order valence-corrected chi connectivity index (χ0v) is 14.7. The number of nitrogens with one attached hydrogen (secondary N) is 2. The van der Waals surface area contributed by atoms with E-state index < -0.39 is 36.7 Å². The third kappa shape index (κ3) is 3.10. The molecule has 2 aromatic heterocycles. The Kier molecular flexibility index (Phi) is 4.73. The van der Waals surface area contributed by atoms with Crippen molar-refractivity contribution < 1.29 is 20.1 Å². The number of hydrogen-bond donors (Lipinski definition) is 6. The monoisotopic (exact) mass is 388 g/mol. The van der Waals surface area contributed by atoms with Crippen molar-refractivity contribution in [3.63, 3.8) is 0 Å². The highest BCUT2D eigenvalue weighted by Crippen LogP contribution is 2.34. The van der Waals surface area contributed by atoms with Gasteiger partial charge in [0.2, 0.25) is 11.9 Å². The quantitative estimate of drug-likeness (QED) is 0.318. The lowest BCUT2D eigenvalue weighted by atomic mass is 10.1. The Bertz CT molecular complexity index is 1040. The number of aliphatic hydroxyl groups is 3. The number of aromatic nitrogens is 4. The van der Waals surface area contributed by atoms with E-state index in [0.717, 1.165) is 5.56 Å². The van der Waals surface area contributed by atoms with Crippen molar-refractivity contribution in [3.8, 4) is 0 Å². The first-order valence-corrected chi connectivity index (χ1v) is 8.67. The number of nitrogen functional groups attached to an aromatic ring is 1. The average Bonchev–Trinajstić information content (AvgIpc) is 3.18. The molecule has 3 aromatic rings. The van der Waals surface area contributed by atoms with E-state index in [9.17, 15) is 20.1 Å². The molecule has 1 fully saturated rings. The molecule has 11 nitrogen and oxygen atoms in total. The van der Waals surface area contributed by atoms with Crippen LogP contribution in [0, 0.1) is 0 Å². The van der Waals surface area contributed by atoms with Crippen LogP contribution in [0.4, 0.5) is 11.9 Å². The first-order chi connectivity index (χ1) is 13.5. The fourth-order valence-electron chi connectivity index (χ4n) is 3.24. The minimum Gasteiger partial charge on any atom is -0.394 e. The molecule has 7 N–H and O–H groups in total. The maximum atomic E-state index is 12.2. The van der Waals surface area contributed by atoms with Gasteiger partial charge in [0.05, 0.1) is 6.61 Å². The highest BCUT2D eigenvalue weighted by molar-refractivity contribution is 5.74. The zero-order valence-electron chi connectivity index (χ0n) is 14.7. The molecule has 1 aliphatic heterocycles. The molecule has 0 spiro atoms.